The molecule has 0 radical (unpaired) electrons. The van der Waals surface area contributed by atoms with Crippen LogP contribution in [0, 0.1) is 0 Å². The van der Waals surface area contributed by atoms with Crippen LogP contribution in [-0.2, 0) is 4.79 Å². The maximum atomic E-state index is 11.8. The lowest BCUT2D eigenvalue weighted by Gasteiger charge is -2.29. The van der Waals surface area contributed by atoms with Gasteiger partial charge in [0.25, 0.3) is 0 Å². The summed E-state index contributed by atoms with van der Waals surface area (Å²) < 4.78 is 0. The minimum absolute atomic E-state index is 0.0131. The standard InChI is InChI=1S/C12H16N2OS/c1-7(13)9-4-5-10-11(6-9)16-8(2)12(15)14(10)3/h4-8H,13H2,1-3H3. The van der Waals surface area contributed by atoms with Crippen LogP contribution < -0.4 is 10.6 Å². The van der Waals surface area contributed by atoms with Crippen molar-refractivity contribution in [2.24, 2.45) is 5.73 Å². The van der Waals surface area contributed by atoms with Gasteiger partial charge in [0.05, 0.1) is 10.9 Å². The lowest BCUT2D eigenvalue weighted by atomic mass is 10.1. The van der Waals surface area contributed by atoms with E-state index in [9.17, 15) is 4.79 Å². The molecule has 2 rings (SSSR count). The van der Waals surface area contributed by atoms with Crippen molar-refractivity contribution in [3.05, 3.63) is 23.8 Å². The number of fused-ring (bicyclic) bond motifs is 1. The second-order valence-corrected chi connectivity index (χ2v) is 5.56. The molecule has 3 nitrogen and oxygen atoms in total. The predicted molar refractivity (Wildman–Crippen MR) is 67.8 cm³/mol. The first-order valence-electron chi connectivity index (χ1n) is 5.34. The van der Waals surface area contributed by atoms with E-state index in [0.717, 1.165) is 16.1 Å². The smallest absolute Gasteiger partial charge is 0.239 e. The average molecular weight is 236 g/mol. The minimum atomic E-state index is -0.0131. The monoisotopic (exact) mass is 236 g/mol. The highest BCUT2D eigenvalue weighted by Gasteiger charge is 2.28. The molecule has 1 aromatic rings. The summed E-state index contributed by atoms with van der Waals surface area (Å²) in [5.74, 6) is 0.158. The van der Waals surface area contributed by atoms with Crippen molar-refractivity contribution in [2.45, 2.75) is 30.0 Å². The summed E-state index contributed by atoms with van der Waals surface area (Å²) in [4.78, 5) is 14.7. The van der Waals surface area contributed by atoms with Crippen LogP contribution in [0.15, 0.2) is 23.1 Å². The molecule has 0 spiro atoms. The van der Waals surface area contributed by atoms with Gasteiger partial charge in [-0.25, -0.2) is 0 Å². The normalized spacial score (nSPS) is 21.9. The maximum absolute atomic E-state index is 11.8. The summed E-state index contributed by atoms with van der Waals surface area (Å²) in [6.45, 7) is 3.90. The Hall–Kier alpha value is -1.00. The van der Waals surface area contributed by atoms with Gasteiger partial charge in [-0.1, -0.05) is 6.07 Å². The van der Waals surface area contributed by atoms with Crippen LogP contribution in [0.5, 0.6) is 0 Å². The van der Waals surface area contributed by atoms with Gasteiger partial charge in [-0.05, 0) is 31.5 Å². The summed E-state index contributed by atoms with van der Waals surface area (Å²) >= 11 is 1.61. The van der Waals surface area contributed by atoms with Gasteiger partial charge in [-0.15, -0.1) is 11.8 Å². The van der Waals surface area contributed by atoms with Crippen LogP contribution in [0.25, 0.3) is 0 Å². The average Bonchev–Trinajstić information content (AvgIpc) is 2.25. The zero-order valence-corrected chi connectivity index (χ0v) is 10.5. The Bertz CT molecular complexity index is 431. The van der Waals surface area contributed by atoms with Crippen LogP contribution in [0.3, 0.4) is 0 Å². The number of rotatable bonds is 1. The van der Waals surface area contributed by atoms with E-state index in [4.69, 9.17) is 5.73 Å². The molecule has 1 amide bonds. The number of hydrogen-bond acceptors (Lipinski definition) is 3. The Morgan fingerprint density at radius 3 is 2.81 bits per heavy atom. The molecule has 2 atom stereocenters. The van der Waals surface area contributed by atoms with Crippen LogP contribution in [0.4, 0.5) is 5.69 Å². The predicted octanol–water partition coefficient (Wildman–Crippen LogP) is 2.16. The van der Waals surface area contributed by atoms with E-state index in [2.05, 4.69) is 6.07 Å². The van der Waals surface area contributed by atoms with Gasteiger partial charge < -0.3 is 10.6 Å². The molecule has 0 bridgehead atoms. The van der Waals surface area contributed by atoms with E-state index in [0.29, 0.717) is 0 Å². The summed E-state index contributed by atoms with van der Waals surface area (Å²) in [6, 6.07) is 6.09. The molecule has 1 aliphatic rings. The first kappa shape index (κ1) is 11.5. The third kappa shape index (κ3) is 1.83. The van der Waals surface area contributed by atoms with Gasteiger partial charge in [-0.3, -0.25) is 4.79 Å². The highest BCUT2D eigenvalue weighted by molar-refractivity contribution is 8.00. The van der Waals surface area contributed by atoms with Gasteiger partial charge in [0.2, 0.25) is 5.91 Å². The van der Waals surface area contributed by atoms with Crippen molar-refractivity contribution in [2.75, 3.05) is 11.9 Å². The van der Waals surface area contributed by atoms with E-state index >= 15 is 0 Å². The number of carbonyl (C=O) groups is 1. The fourth-order valence-electron chi connectivity index (χ4n) is 1.82. The molecule has 1 aliphatic heterocycles. The third-order valence-corrected chi connectivity index (χ3v) is 3.99. The van der Waals surface area contributed by atoms with Crippen LogP contribution >= 0.6 is 11.8 Å². The lowest BCUT2D eigenvalue weighted by Crippen LogP contribution is -2.36. The quantitative estimate of drug-likeness (QED) is 0.812. The zero-order chi connectivity index (χ0) is 11.9. The molecule has 0 saturated carbocycles. The Morgan fingerprint density at radius 2 is 2.19 bits per heavy atom. The molecule has 2 N–H and O–H groups in total. The third-order valence-electron chi connectivity index (χ3n) is 2.85. The van der Waals surface area contributed by atoms with Crippen LogP contribution in [0.2, 0.25) is 0 Å². The van der Waals surface area contributed by atoms with Crippen LogP contribution in [-0.4, -0.2) is 18.2 Å². The van der Waals surface area contributed by atoms with E-state index in [1.165, 1.54) is 0 Å². The van der Waals surface area contributed by atoms with E-state index in [1.54, 1.807) is 16.7 Å². The Morgan fingerprint density at radius 1 is 1.50 bits per heavy atom. The van der Waals surface area contributed by atoms with Crippen molar-refractivity contribution in [1.82, 2.24) is 0 Å². The highest BCUT2D eigenvalue weighted by atomic mass is 32.2. The topological polar surface area (TPSA) is 46.3 Å². The van der Waals surface area contributed by atoms with Gasteiger partial charge in [0.1, 0.15) is 0 Å². The summed E-state index contributed by atoms with van der Waals surface area (Å²) in [5.41, 5.74) is 7.95. The minimum Gasteiger partial charge on any atom is -0.324 e. The molecule has 16 heavy (non-hydrogen) atoms. The molecule has 0 fully saturated rings. The molecule has 1 aromatic carbocycles. The van der Waals surface area contributed by atoms with E-state index < -0.39 is 0 Å². The number of thioether (sulfide) groups is 1. The highest BCUT2D eigenvalue weighted by Crippen LogP contribution is 2.39. The summed E-state index contributed by atoms with van der Waals surface area (Å²) in [5, 5.41) is -0.0131. The first-order valence-corrected chi connectivity index (χ1v) is 6.22. The number of carbonyl (C=O) groups excluding carboxylic acids is 1. The van der Waals surface area contributed by atoms with Crippen molar-refractivity contribution in [1.29, 1.82) is 0 Å². The molecule has 0 saturated heterocycles. The fourth-order valence-corrected chi connectivity index (χ4v) is 2.99. The Kier molecular flexibility index (Phi) is 2.95. The number of nitrogens with two attached hydrogens (primary N) is 1. The number of benzene rings is 1. The number of hydrogen-bond donors (Lipinski definition) is 1. The Balaban J connectivity index is 2.45. The second kappa shape index (κ2) is 4.11. The van der Waals surface area contributed by atoms with Gasteiger partial charge in [-0.2, -0.15) is 0 Å². The lowest BCUT2D eigenvalue weighted by molar-refractivity contribution is -0.117. The fraction of sp³-hybridized carbons (Fsp3) is 0.417. The Labute approximate surface area is 100.0 Å². The number of anilines is 1. The van der Waals surface area contributed by atoms with Crippen molar-refractivity contribution < 1.29 is 4.79 Å². The summed E-state index contributed by atoms with van der Waals surface area (Å²) in [6.07, 6.45) is 0. The number of nitrogens with zero attached hydrogens (tertiary/aromatic N) is 1. The van der Waals surface area contributed by atoms with Gasteiger partial charge >= 0.3 is 0 Å². The maximum Gasteiger partial charge on any atom is 0.239 e. The van der Waals surface area contributed by atoms with Gasteiger partial charge in [0.15, 0.2) is 0 Å². The SMILES string of the molecule is CC1Sc2cc(C(C)N)ccc2N(C)C1=O. The van der Waals surface area contributed by atoms with Crippen molar-refractivity contribution >= 4 is 23.4 Å². The van der Waals surface area contributed by atoms with Crippen LogP contribution in [0.1, 0.15) is 25.5 Å². The molecule has 2 unspecified atom stereocenters. The second-order valence-electron chi connectivity index (χ2n) is 4.17. The molecule has 0 aromatic heterocycles. The molecule has 1 heterocycles. The zero-order valence-electron chi connectivity index (χ0n) is 9.73. The van der Waals surface area contributed by atoms with E-state index in [-0.39, 0.29) is 17.2 Å². The molecular formula is C12H16N2OS. The van der Waals surface area contributed by atoms with Gasteiger partial charge in [0, 0.05) is 18.0 Å². The molecule has 0 aliphatic carbocycles. The first-order chi connectivity index (χ1) is 7.50. The summed E-state index contributed by atoms with van der Waals surface area (Å²) in [7, 11) is 1.82. The molecule has 4 heteroatoms. The van der Waals surface area contributed by atoms with Crippen molar-refractivity contribution in [3.8, 4) is 0 Å². The number of amides is 1. The molecule has 86 valence electrons. The van der Waals surface area contributed by atoms with E-state index in [1.807, 2.05) is 33.0 Å². The largest absolute Gasteiger partial charge is 0.324 e. The van der Waals surface area contributed by atoms with Crippen molar-refractivity contribution in [3.63, 3.8) is 0 Å². The molecular weight excluding hydrogens is 220 g/mol.